The number of rotatable bonds is 6. The number of hydrogen-bond acceptors (Lipinski definition) is 7. The number of alkyl carbamates (subject to hydrolysis) is 1. The van der Waals surface area contributed by atoms with Gasteiger partial charge in [-0.1, -0.05) is 43.3 Å². The Morgan fingerprint density at radius 2 is 1.81 bits per heavy atom. The van der Waals surface area contributed by atoms with Crippen LogP contribution < -0.4 is 5.32 Å². The van der Waals surface area contributed by atoms with Gasteiger partial charge in [0, 0.05) is 25.2 Å². The zero-order valence-corrected chi connectivity index (χ0v) is 20.2. The average molecular weight is 445 g/mol. The number of carbonyl (C=O) groups is 1. The van der Waals surface area contributed by atoms with Crippen molar-refractivity contribution in [3.8, 4) is 11.4 Å². The highest BCUT2D eigenvalue weighted by atomic mass is 16.6. The molecule has 0 unspecified atom stereocenters. The van der Waals surface area contributed by atoms with Gasteiger partial charge in [0.15, 0.2) is 0 Å². The lowest BCUT2D eigenvalue weighted by atomic mass is 10.0. The van der Waals surface area contributed by atoms with Gasteiger partial charge in [-0.25, -0.2) is 4.79 Å². The second-order valence-corrected chi connectivity index (χ2v) is 9.91. The summed E-state index contributed by atoms with van der Waals surface area (Å²) in [5, 5.41) is 7.00. The Bertz CT molecular complexity index is 878. The Kier molecular flexibility index (Phi) is 7.56. The molecule has 1 fully saturated rings. The van der Waals surface area contributed by atoms with E-state index in [1.165, 1.54) is 0 Å². The van der Waals surface area contributed by atoms with Crippen LogP contribution >= 0.6 is 0 Å². The number of amides is 1. The lowest BCUT2D eigenvalue weighted by molar-refractivity contribution is -0.0899. The molecule has 1 aliphatic heterocycles. The van der Waals surface area contributed by atoms with Crippen molar-refractivity contribution in [2.45, 2.75) is 78.9 Å². The van der Waals surface area contributed by atoms with Gasteiger partial charge < -0.3 is 19.3 Å². The van der Waals surface area contributed by atoms with Crippen molar-refractivity contribution in [2.24, 2.45) is 5.92 Å². The Morgan fingerprint density at radius 1 is 1.19 bits per heavy atom. The zero-order valence-electron chi connectivity index (χ0n) is 20.2. The topological polar surface area (TPSA) is 89.7 Å². The van der Waals surface area contributed by atoms with Crippen LogP contribution in [0.2, 0.25) is 0 Å². The van der Waals surface area contributed by atoms with E-state index in [-0.39, 0.29) is 18.2 Å². The summed E-state index contributed by atoms with van der Waals surface area (Å²) in [6.45, 7) is 16.1. The molecule has 2 heterocycles. The Balaban J connectivity index is 1.67. The molecule has 0 aliphatic carbocycles. The van der Waals surface area contributed by atoms with E-state index in [1.807, 2.05) is 45.0 Å². The molecule has 1 saturated heterocycles. The van der Waals surface area contributed by atoms with Crippen LogP contribution in [0.3, 0.4) is 0 Å². The van der Waals surface area contributed by atoms with E-state index in [0.29, 0.717) is 24.2 Å². The summed E-state index contributed by atoms with van der Waals surface area (Å²) in [6, 6.07) is 7.79. The fourth-order valence-corrected chi connectivity index (χ4v) is 4.04. The Labute approximate surface area is 190 Å². The number of hydrogen-bond donors (Lipinski definition) is 1. The fraction of sp³-hybridized carbons (Fsp3) is 0.625. The predicted octanol–water partition coefficient (Wildman–Crippen LogP) is 4.57. The minimum atomic E-state index is -0.518. The summed E-state index contributed by atoms with van der Waals surface area (Å²) in [6.07, 6.45) is -0.0932. The van der Waals surface area contributed by atoms with Crippen molar-refractivity contribution >= 4 is 6.09 Å². The van der Waals surface area contributed by atoms with Crippen molar-refractivity contribution in [3.05, 3.63) is 35.7 Å². The second-order valence-electron chi connectivity index (χ2n) is 9.91. The van der Waals surface area contributed by atoms with Crippen molar-refractivity contribution in [2.75, 3.05) is 13.1 Å². The first kappa shape index (κ1) is 24.2. The Hall–Kier alpha value is -2.45. The maximum absolute atomic E-state index is 11.8. The molecule has 1 aromatic heterocycles. The third-order valence-electron chi connectivity index (χ3n) is 5.22. The third kappa shape index (κ3) is 6.53. The minimum Gasteiger partial charge on any atom is -0.444 e. The van der Waals surface area contributed by atoms with Crippen LogP contribution in [0.15, 0.2) is 28.8 Å². The summed E-state index contributed by atoms with van der Waals surface area (Å²) >= 11 is 0. The number of aromatic nitrogens is 2. The molecule has 3 atom stereocenters. The maximum atomic E-state index is 11.8. The van der Waals surface area contributed by atoms with E-state index in [2.05, 4.69) is 43.1 Å². The van der Waals surface area contributed by atoms with Crippen LogP contribution in [0.25, 0.3) is 11.4 Å². The molecule has 0 radical (unpaired) electrons. The molecule has 1 amide bonds. The molecule has 176 valence electrons. The fourth-order valence-electron chi connectivity index (χ4n) is 4.04. The van der Waals surface area contributed by atoms with E-state index >= 15 is 0 Å². The highest BCUT2D eigenvalue weighted by Gasteiger charge is 2.34. The standard InChI is InChI=1S/C24H36N4O4/c1-15(2)20(28-13-16(3)30-17(4)14-28)22-26-21(27-32-22)19-10-8-18(9-11-19)12-25-23(29)31-24(5,6)7/h8-11,15-17,20H,12-14H2,1-7H3,(H,25,29)/t16-,17-,20-/m1/s1. The van der Waals surface area contributed by atoms with Crippen LogP contribution in [-0.4, -0.2) is 52.0 Å². The quantitative estimate of drug-likeness (QED) is 0.698. The monoisotopic (exact) mass is 444 g/mol. The molecule has 0 saturated carbocycles. The van der Waals surface area contributed by atoms with E-state index in [0.717, 1.165) is 24.2 Å². The lowest BCUT2D eigenvalue weighted by Gasteiger charge is -2.40. The van der Waals surface area contributed by atoms with Gasteiger partial charge in [-0.2, -0.15) is 4.98 Å². The van der Waals surface area contributed by atoms with E-state index < -0.39 is 11.7 Å². The van der Waals surface area contributed by atoms with Gasteiger partial charge in [0.05, 0.1) is 18.2 Å². The number of nitrogens with zero attached hydrogens (tertiary/aromatic N) is 3. The molecule has 2 aromatic rings. The molecule has 0 bridgehead atoms. The molecule has 0 spiro atoms. The van der Waals surface area contributed by atoms with Gasteiger partial charge in [-0.05, 0) is 46.1 Å². The molecular formula is C24H36N4O4. The normalized spacial score (nSPS) is 20.9. The van der Waals surface area contributed by atoms with Crippen molar-refractivity contribution in [1.29, 1.82) is 0 Å². The largest absolute Gasteiger partial charge is 0.444 e. The summed E-state index contributed by atoms with van der Waals surface area (Å²) < 4.78 is 16.9. The highest BCUT2D eigenvalue weighted by Crippen LogP contribution is 2.31. The van der Waals surface area contributed by atoms with Crippen LogP contribution in [0.4, 0.5) is 4.79 Å². The van der Waals surface area contributed by atoms with Crippen LogP contribution in [0.1, 0.15) is 66.0 Å². The summed E-state index contributed by atoms with van der Waals surface area (Å²) in [7, 11) is 0. The molecule has 32 heavy (non-hydrogen) atoms. The summed E-state index contributed by atoms with van der Waals surface area (Å²) in [5.74, 6) is 1.51. The predicted molar refractivity (Wildman–Crippen MR) is 122 cm³/mol. The number of ether oxygens (including phenoxy) is 2. The first-order chi connectivity index (χ1) is 15.0. The lowest BCUT2D eigenvalue weighted by Crippen LogP contribution is -2.48. The highest BCUT2D eigenvalue weighted by molar-refractivity contribution is 5.67. The first-order valence-corrected chi connectivity index (χ1v) is 11.3. The van der Waals surface area contributed by atoms with Crippen molar-refractivity contribution < 1.29 is 18.8 Å². The molecule has 1 aliphatic rings. The van der Waals surface area contributed by atoms with E-state index in [9.17, 15) is 4.79 Å². The zero-order chi connectivity index (χ0) is 23.5. The molecule has 1 N–H and O–H groups in total. The SMILES string of the molecule is CC(C)[C@H](c1nc(-c2ccc(CNC(=O)OC(C)(C)C)cc2)no1)N1C[C@@H](C)O[C@H](C)C1. The van der Waals surface area contributed by atoms with Gasteiger partial charge in [-0.15, -0.1) is 0 Å². The van der Waals surface area contributed by atoms with Gasteiger partial charge >= 0.3 is 6.09 Å². The van der Waals surface area contributed by atoms with Gasteiger partial charge in [0.2, 0.25) is 11.7 Å². The number of carbonyl (C=O) groups excluding carboxylic acids is 1. The van der Waals surface area contributed by atoms with Gasteiger partial charge in [-0.3, -0.25) is 4.90 Å². The molecular weight excluding hydrogens is 408 g/mol. The minimum absolute atomic E-state index is 0.0438. The summed E-state index contributed by atoms with van der Waals surface area (Å²) in [5.41, 5.74) is 1.31. The van der Waals surface area contributed by atoms with Gasteiger partial charge in [0.1, 0.15) is 5.60 Å². The molecule has 1 aromatic carbocycles. The number of morpholine rings is 1. The first-order valence-electron chi connectivity index (χ1n) is 11.3. The van der Waals surface area contributed by atoms with E-state index in [4.69, 9.17) is 19.0 Å². The van der Waals surface area contributed by atoms with Crippen LogP contribution in [0, 0.1) is 5.92 Å². The number of benzene rings is 1. The van der Waals surface area contributed by atoms with Crippen molar-refractivity contribution in [1.82, 2.24) is 20.4 Å². The van der Waals surface area contributed by atoms with Crippen LogP contribution in [0.5, 0.6) is 0 Å². The van der Waals surface area contributed by atoms with E-state index in [1.54, 1.807) is 0 Å². The second kappa shape index (κ2) is 10.0. The molecule has 8 nitrogen and oxygen atoms in total. The number of nitrogens with one attached hydrogen (secondary N) is 1. The van der Waals surface area contributed by atoms with Crippen molar-refractivity contribution in [3.63, 3.8) is 0 Å². The van der Waals surface area contributed by atoms with Crippen LogP contribution in [-0.2, 0) is 16.0 Å². The maximum Gasteiger partial charge on any atom is 0.407 e. The average Bonchev–Trinajstić information content (AvgIpc) is 3.14. The Morgan fingerprint density at radius 3 is 2.38 bits per heavy atom. The third-order valence-corrected chi connectivity index (χ3v) is 5.22. The van der Waals surface area contributed by atoms with Gasteiger partial charge in [0.25, 0.3) is 0 Å². The molecule has 3 rings (SSSR count). The summed E-state index contributed by atoms with van der Waals surface area (Å²) in [4.78, 5) is 18.9. The molecule has 8 heteroatoms. The smallest absolute Gasteiger partial charge is 0.407 e.